The molecule has 1 fully saturated rings. The van der Waals surface area contributed by atoms with Gasteiger partial charge in [0.1, 0.15) is 11.1 Å². The number of carbonyl (C=O) groups excluding carboxylic acids is 1. The van der Waals surface area contributed by atoms with Crippen LogP contribution in [0, 0.1) is 18.3 Å². The van der Waals surface area contributed by atoms with Gasteiger partial charge >= 0.3 is 0 Å². The van der Waals surface area contributed by atoms with Crippen LogP contribution in [0.5, 0.6) is 0 Å². The van der Waals surface area contributed by atoms with Gasteiger partial charge in [0.25, 0.3) is 0 Å². The van der Waals surface area contributed by atoms with Crippen LogP contribution < -0.4 is 0 Å². The monoisotopic (exact) mass is 320 g/mol. The van der Waals surface area contributed by atoms with Crippen LogP contribution >= 0.6 is 11.8 Å². The standard InChI is InChI=1S/C14H12N2O3S2/c1-3-16-13(17)9-20-14(16)12(8-15)21(18,19)11-6-4-10(2)5-7-11/h3-7H,1,9H2,2H3. The van der Waals surface area contributed by atoms with E-state index in [-0.39, 0.29) is 21.6 Å². The Hall–Kier alpha value is -2.04. The number of sulfone groups is 1. The van der Waals surface area contributed by atoms with E-state index >= 15 is 0 Å². The minimum absolute atomic E-state index is 0.0288. The molecule has 1 saturated heterocycles. The van der Waals surface area contributed by atoms with E-state index in [9.17, 15) is 18.5 Å². The summed E-state index contributed by atoms with van der Waals surface area (Å²) in [4.78, 5) is 12.3. The molecule has 0 aliphatic carbocycles. The fourth-order valence-corrected chi connectivity index (χ4v) is 4.38. The van der Waals surface area contributed by atoms with Gasteiger partial charge in [0.05, 0.1) is 10.6 Å². The highest BCUT2D eigenvalue weighted by atomic mass is 32.2. The third kappa shape index (κ3) is 2.73. The average Bonchev–Trinajstić information content (AvgIpc) is 2.80. The Morgan fingerprint density at radius 1 is 1.43 bits per heavy atom. The number of hydrogen-bond donors (Lipinski definition) is 0. The molecule has 0 unspecified atom stereocenters. The quantitative estimate of drug-likeness (QED) is 0.798. The molecule has 2 rings (SSSR count). The molecule has 0 radical (unpaired) electrons. The van der Waals surface area contributed by atoms with Gasteiger partial charge in [-0.15, -0.1) is 0 Å². The molecule has 7 heteroatoms. The van der Waals surface area contributed by atoms with Crippen molar-refractivity contribution in [2.24, 2.45) is 0 Å². The molecule has 0 aromatic heterocycles. The zero-order valence-electron chi connectivity index (χ0n) is 11.2. The first-order valence-corrected chi connectivity index (χ1v) is 8.42. The maximum atomic E-state index is 12.6. The van der Waals surface area contributed by atoms with Gasteiger partial charge in [-0.3, -0.25) is 9.69 Å². The number of hydrogen-bond acceptors (Lipinski definition) is 5. The molecule has 0 spiro atoms. The highest BCUT2D eigenvalue weighted by molar-refractivity contribution is 8.05. The van der Waals surface area contributed by atoms with Crippen LogP contribution in [-0.4, -0.2) is 25.0 Å². The van der Waals surface area contributed by atoms with E-state index < -0.39 is 14.7 Å². The number of allylic oxidation sites excluding steroid dienone is 1. The van der Waals surface area contributed by atoms with E-state index in [0.717, 1.165) is 22.2 Å². The minimum atomic E-state index is -3.96. The fourth-order valence-electron chi connectivity index (χ4n) is 1.80. The molecule has 0 bridgehead atoms. The van der Waals surface area contributed by atoms with Crippen LogP contribution in [0.1, 0.15) is 5.56 Å². The average molecular weight is 320 g/mol. The number of rotatable bonds is 3. The second-order valence-electron chi connectivity index (χ2n) is 4.30. The summed E-state index contributed by atoms with van der Waals surface area (Å²) in [6.45, 7) is 5.32. The van der Waals surface area contributed by atoms with Gasteiger partial charge in [-0.05, 0) is 19.1 Å². The Labute approximate surface area is 127 Å². The fraction of sp³-hybridized carbons (Fsp3) is 0.143. The Balaban J connectivity index is 2.61. The lowest BCUT2D eigenvalue weighted by Crippen LogP contribution is -2.20. The zero-order chi connectivity index (χ0) is 15.6. The van der Waals surface area contributed by atoms with E-state index in [2.05, 4.69) is 6.58 Å². The number of nitrogens with zero attached hydrogens (tertiary/aromatic N) is 2. The molecule has 1 aliphatic heterocycles. The van der Waals surface area contributed by atoms with E-state index in [4.69, 9.17) is 0 Å². The molecule has 108 valence electrons. The molecule has 0 atom stereocenters. The lowest BCUT2D eigenvalue weighted by molar-refractivity contribution is -0.123. The summed E-state index contributed by atoms with van der Waals surface area (Å²) >= 11 is 1.02. The van der Waals surface area contributed by atoms with Crippen molar-refractivity contribution in [2.45, 2.75) is 11.8 Å². The molecule has 0 saturated carbocycles. The molecular formula is C14H12N2O3S2. The van der Waals surface area contributed by atoms with E-state index in [0.29, 0.717) is 0 Å². The third-order valence-corrected chi connectivity index (χ3v) is 5.81. The van der Waals surface area contributed by atoms with Crippen molar-refractivity contribution < 1.29 is 13.2 Å². The second-order valence-corrected chi connectivity index (χ2v) is 7.15. The first-order valence-electron chi connectivity index (χ1n) is 5.95. The largest absolute Gasteiger partial charge is 0.280 e. The van der Waals surface area contributed by atoms with Crippen molar-refractivity contribution in [1.82, 2.24) is 4.90 Å². The Kier molecular flexibility index (Phi) is 4.21. The second kappa shape index (κ2) is 5.76. The van der Waals surface area contributed by atoms with Crippen LogP contribution in [0.4, 0.5) is 0 Å². The van der Waals surface area contributed by atoms with Crippen molar-refractivity contribution in [3.63, 3.8) is 0 Å². The number of aryl methyl sites for hydroxylation is 1. The van der Waals surface area contributed by atoms with Crippen molar-refractivity contribution >= 4 is 27.5 Å². The number of benzene rings is 1. The first kappa shape index (κ1) is 15.4. The maximum absolute atomic E-state index is 12.6. The zero-order valence-corrected chi connectivity index (χ0v) is 12.9. The Bertz CT molecular complexity index is 771. The summed E-state index contributed by atoms with van der Waals surface area (Å²) in [6, 6.07) is 7.92. The number of thioether (sulfide) groups is 1. The molecule has 0 N–H and O–H groups in total. The molecule has 21 heavy (non-hydrogen) atoms. The van der Waals surface area contributed by atoms with E-state index in [1.807, 2.05) is 6.92 Å². The van der Waals surface area contributed by atoms with Crippen molar-refractivity contribution in [3.05, 3.63) is 52.5 Å². The summed E-state index contributed by atoms with van der Waals surface area (Å²) in [5.74, 6) is -0.201. The summed E-state index contributed by atoms with van der Waals surface area (Å²) in [5, 5.41) is 9.37. The van der Waals surface area contributed by atoms with Gasteiger partial charge in [0.15, 0.2) is 4.91 Å². The van der Waals surface area contributed by atoms with E-state index in [1.54, 1.807) is 18.2 Å². The predicted molar refractivity (Wildman–Crippen MR) is 80.5 cm³/mol. The topological polar surface area (TPSA) is 78.2 Å². The van der Waals surface area contributed by atoms with Crippen LogP contribution in [-0.2, 0) is 14.6 Å². The smallest absolute Gasteiger partial charge is 0.241 e. The maximum Gasteiger partial charge on any atom is 0.241 e. The van der Waals surface area contributed by atoms with Crippen LogP contribution in [0.15, 0.2) is 51.9 Å². The number of amides is 1. The van der Waals surface area contributed by atoms with E-state index in [1.165, 1.54) is 18.3 Å². The van der Waals surface area contributed by atoms with Gasteiger partial charge in [-0.1, -0.05) is 36.0 Å². The number of carbonyl (C=O) groups is 1. The highest BCUT2D eigenvalue weighted by Crippen LogP contribution is 2.35. The van der Waals surface area contributed by atoms with Gasteiger partial charge < -0.3 is 0 Å². The molecule has 1 aromatic rings. The van der Waals surface area contributed by atoms with Crippen LogP contribution in [0.25, 0.3) is 0 Å². The van der Waals surface area contributed by atoms with Crippen molar-refractivity contribution in [1.29, 1.82) is 5.26 Å². The van der Waals surface area contributed by atoms with Gasteiger partial charge in [0, 0.05) is 6.20 Å². The van der Waals surface area contributed by atoms with Gasteiger partial charge in [-0.2, -0.15) is 5.26 Å². The van der Waals surface area contributed by atoms with Crippen molar-refractivity contribution in [2.75, 3.05) is 5.75 Å². The van der Waals surface area contributed by atoms with Crippen molar-refractivity contribution in [3.8, 4) is 6.07 Å². The lowest BCUT2D eigenvalue weighted by atomic mass is 10.2. The highest BCUT2D eigenvalue weighted by Gasteiger charge is 2.33. The predicted octanol–water partition coefficient (Wildman–Crippen LogP) is 2.18. The van der Waals surface area contributed by atoms with Crippen LogP contribution in [0.2, 0.25) is 0 Å². The minimum Gasteiger partial charge on any atom is -0.280 e. The van der Waals surface area contributed by atoms with Gasteiger partial charge in [0.2, 0.25) is 15.7 Å². The Morgan fingerprint density at radius 2 is 2.05 bits per heavy atom. The molecule has 5 nitrogen and oxygen atoms in total. The lowest BCUT2D eigenvalue weighted by Gasteiger charge is -2.13. The SMILES string of the molecule is C=CN1C(=O)CSC1=C(C#N)S(=O)(=O)c1ccc(C)cc1. The summed E-state index contributed by atoms with van der Waals surface area (Å²) in [6.07, 6.45) is 1.22. The summed E-state index contributed by atoms with van der Waals surface area (Å²) < 4.78 is 25.1. The summed E-state index contributed by atoms with van der Waals surface area (Å²) in [7, 11) is -3.96. The molecule has 1 aliphatic rings. The summed E-state index contributed by atoms with van der Waals surface area (Å²) in [5.41, 5.74) is 0.915. The Morgan fingerprint density at radius 3 is 2.57 bits per heavy atom. The first-order chi connectivity index (χ1) is 9.91. The van der Waals surface area contributed by atoms with Crippen LogP contribution in [0.3, 0.4) is 0 Å². The van der Waals surface area contributed by atoms with Gasteiger partial charge in [-0.25, -0.2) is 8.42 Å². The number of nitriles is 1. The molecule has 1 heterocycles. The molecule has 1 amide bonds. The third-order valence-electron chi connectivity index (χ3n) is 2.90. The molecule has 1 aromatic carbocycles. The molecular weight excluding hydrogens is 308 g/mol. The normalized spacial score (nSPS) is 17.5.